The van der Waals surface area contributed by atoms with Crippen molar-refractivity contribution in [3.05, 3.63) is 47.6 Å². The molecule has 0 aliphatic rings. The lowest BCUT2D eigenvalue weighted by atomic mass is 10.3. The first-order valence-electron chi connectivity index (χ1n) is 5.79. The third-order valence-corrected chi connectivity index (χ3v) is 3.46. The summed E-state index contributed by atoms with van der Waals surface area (Å²) in [5.41, 5.74) is 1.24. The second kappa shape index (κ2) is 5.17. The molecule has 1 amide bonds. The Balaban J connectivity index is 1.76. The van der Waals surface area contributed by atoms with E-state index in [4.69, 9.17) is 0 Å². The molecule has 3 rings (SSSR count). The van der Waals surface area contributed by atoms with Gasteiger partial charge in [-0.25, -0.2) is 9.97 Å². The zero-order valence-electron chi connectivity index (χ0n) is 10.5. The van der Waals surface area contributed by atoms with Gasteiger partial charge in [0.15, 0.2) is 0 Å². The number of hydrogen-bond donors (Lipinski definition) is 1. The summed E-state index contributed by atoms with van der Waals surface area (Å²) in [6, 6.07) is 3.58. The first-order chi connectivity index (χ1) is 9.74. The van der Waals surface area contributed by atoms with Crippen molar-refractivity contribution in [2.45, 2.75) is 6.92 Å². The van der Waals surface area contributed by atoms with Crippen LogP contribution >= 0.6 is 11.5 Å². The third-order valence-electron chi connectivity index (χ3n) is 2.63. The molecule has 0 spiro atoms. The lowest BCUT2D eigenvalue weighted by Crippen LogP contribution is -2.12. The standard InChI is InChI=1S/C12H10N6OS/c1-8-11(20-17-16-8)12(19)15-9-2-3-10(14-6-9)18-5-4-13-7-18/h2-7H,1H3,(H,15,19). The minimum atomic E-state index is -0.227. The molecule has 3 aromatic heterocycles. The maximum atomic E-state index is 12.0. The van der Waals surface area contributed by atoms with Crippen molar-refractivity contribution < 1.29 is 4.79 Å². The predicted octanol–water partition coefficient (Wildman–Crippen LogP) is 1.68. The third kappa shape index (κ3) is 2.41. The highest BCUT2D eigenvalue weighted by Gasteiger charge is 2.13. The Bertz CT molecular complexity index is 719. The number of carbonyl (C=O) groups is 1. The van der Waals surface area contributed by atoms with Crippen molar-refractivity contribution in [3.8, 4) is 5.82 Å². The van der Waals surface area contributed by atoms with Crippen LogP contribution in [-0.4, -0.2) is 30.0 Å². The quantitative estimate of drug-likeness (QED) is 0.791. The predicted molar refractivity (Wildman–Crippen MR) is 74.0 cm³/mol. The minimum absolute atomic E-state index is 0.227. The fourth-order valence-electron chi connectivity index (χ4n) is 1.63. The molecule has 0 aliphatic carbocycles. The van der Waals surface area contributed by atoms with E-state index in [2.05, 4.69) is 24.9 Å². The van der Waals surface area contributed by atoms with Crippen LogP contribution in [0.2, 0.25) is 0 Å². The molecule has 0 atom stereocenters. The fraction of sp³-hybridized carbons (Fsp3) is 0.0833. The van der Waals surface area contributed by atoms with Gasteiger partial charge >= 0.3 is 0 Å². The first kappa shape index (κ1) is 12.4. The molecular weight excluding hydrogens is 276 g/mol. The van der Waals surface area contributed by atoms with Gasteiger partial charge in [0, 0.05) is 12.4 Å². The number of aryl methyl sites for hydroxylation is 1. The zero-order chi connectivity index (χ0) is 13.9. The molecule has 0 fully saturated rings. The number of hydrogen-bond acceptors (Lipinski definition) is 6. The van der Waals surface area contributed by atoms with Crippen LogP contribution in [-0.2, 0) is 0 Å². The van der Waals surface area contributed by atoms with Crippen LogP contribution in [0.4, 0.5) is 5.69 Å². The second-order valence-electron chi connectivity index (χ2n) is 4.02. The van der Waals surface area contributed by atoms with E-state index in [1.165, 1.54) is 0 Å². The number of anilines is 1. The highest BCUT2D eigenvalue weighted by molar-refractivity contribution is 7.08. The smallest absolute Gasteiger partial charge is 0.269 e. The maximum Gasteiger partial charge on any atom is 0.269 e. The molecule has 100 valence electrons. The van der Waals surface area contributed by atoms with Gasteiger partial charge in [0.2, 0.25) is 0 Å². The van der Waals surface area contributed by atoms with E-state index in [-0.39, 0.29) is 5.91 Å². The van der Waals surface area contributed by atoms with Crippen molar-refractivity contribution in [1.82, 2.24) is 24.1 Å². The van der Waals surface area contributed by atoms with E-state index in [9.17, 15) is 4.79 Å². The summed E-state index contributed by atoms with van der Waals surface area (Å²) >= 11 is 1.07. The Morgan fingerprint density at radius 1 is 1.40 bits per heavy atom. The van der Waals surface area contributed by atoms with Crippen LogP contribution in [0.3, 0.4) is 0 Å². The van der Waals surface area contributed by atoms with Crippen LogP contribution in [0.15, 0.2) is 37.1 Å². The Hall–Kier alpha value is -2.61. The van der Waals surface area contributed by atoms with E-state index >= 15 is 0 Å². The number of rotatable bonds is 3. The van der Waals surface area contributed by atoms with E-state index in [1.54, 1.807) is 48.5 Å². The minimum Gasteiger partial charge on any atom is -0.320 e. The molecule has 1 N–H and O–H groups in total. The average molecular weight is 286 g/mol. The molecule has 3 aromatic rings. The number of nitrogens with one attached hydrogen (secondary N) is 1. The molecule has 0 unspecified atom stereocenters. The van der Waals surface area contributed by atoms with Crippen molar-refractivity contribution in [1.29, 1.82) is 0 Å². The van der Waals surface area contributed by atoms with Crippen LogP contribution in [0.5, 0.6) is 0 Å². The molecule has 20 heavy (non-hydrogen) atoms. The average Bonchev–Trinajstić information content (AvgIpc) is 3.10. The number of imidazole rings is 1. The summed E-state index contributed by atoms with van der Waals surface area (Å²) < 4.78 is 5.52. The lowest BCUT2D eigenvalue weighted by Gasteiger charge is -2.05. The van der Waals surface area contributed by atoms with Gasteiger partial charge in [0.1, 0.15) is 17.0 Å². The zero-order valence-corrected chi connectivity index (χ0v) is 11.3. The Kier molecular flexibility index (Phi) is 3.21. The molecule has 0 saturated heterocycles. The normalized spacial score (nSPS) is 10.4. The molecule has 3 heterocycles. The van der Waals surface area contributed by atoms with Crippen molar-refractivity contribution >= 4 is 23.1 Å². The van der Waals surface area contributed by atoms with E-state index < -0.39 is 0 Å². The van der Waals surface area contributed by atoms with Crippen LogP contribution < -0.4 is 5.32 Å². The first-order valence-corrected chi connectivity index (χ1v) is 6.56. The van der Waals surface area contributed by atoms with Crippen molar-refractivity contribution in [3.63, 3.8) is 0 Å². The van der Waals surface area contributed by atoms with E-state index in [0.29, 0.717) is 16.3 Å². The van der Waals surface area contributed by atoms with Gasteiger partial charge in [-0.05, 0) is 30.6 Å². The molecule has 8 heteroatoms. The van der Waals surface area contributed by atoms with Gasteiger partial charge in [-0.3, -0.25) is 9.36 Å². The number of amides is 1. The maximum absolute atomic E-state index is 12.0. The molecule has 0 radical (unpaired) electrons. The van der Waals surface area contributed by atoms with Crippen LogP contribution in [0.25, 0.3) is 5.82 Å². The lowest BCUT2D eigenvalue weighted by molar-refractivity contribution is 0.103. The highest BCUT2D eigenvalue weighted by Crippen LogP contribution is 2.14. The van der Waals surface area contributed by atoms with E-state index in [1.807, 2.05) is 0 Å². The molecule has 0 aromatic carbocycles. The fourth-order valence-corrected chi connectivity index (χ4v) is 2.19. The number of aromatic nitrogens is 5. The topological polar surface area (TPSA) is 85.6 Å². The second-order valence-corrected chi connectivity index (χ2v) is 4.77. The van der Waals surface area contributed by atoms with Gasteiger partial charge in [-0.2, -0.15) is 0 Å². The highest BCUT2D eigenvalue weighted by atomic mass is 32.1. The summed E-state index contributed by atoms with van der Waals surface area (Å²) in [4.78, 5) is 20.7. The monoisotopic (exact) mass is 286 g/mol. The van der Waals surface area contributed by atoms with Gasteiger partial charge in [-0.1, -0.05) is 4.49 Å². The largest absolute Gasteiger partial charge is 0.320 e. The van der Waals surface area contributed by atoms with Crippen LogP contribution in [0, 0.1) is 6.92 Å². The Morgan fingerprint density at radius 3 is 2.90 bits per heavy atom. The number of pyridine rings is 1. The Morgan fingerprint density at radius 2 is 2.30 bits per heavy atom. The SMILES string of the molecule is Cc1nnsc1C(=O)Nc1ccc(-n2ccnc2)nc1. The summed E-state index contributed by atoms with van der Waals surface area (Å²) in [5.74, 6) is 0.505. The summed E-state index contributed by atoms with van der Waals surface area (Å²) in [6.07, 6.45) is 6.73. The summed E-state index contributed by atoms with van der Waals surface area (Å²) in [6.45, 7) is 1.75. The molecule has 0 bridgehead atoms. The van der Waals surface area contributed by atoms with Crippen molar-refractivity contribution in [2.75, 3.05) is 5.32 Å². The van der Waals surface area contributed by atoms with Gasteiger partial charge in [-0.15, -0.1) is 5.10 Å². The van der Waals surface area contributed by atoms with Crippen LogP contribution in [0.1, 0.15) is 15.4 Å². The number of carbonyl (C=O) groups excluding carboxylic acids is 1. The van der Waals surface area contributed by atoms with E-state index in [0.717, 1.165) is 17.4 Å². The molecular formula is C12H10N6OS. The molecule has 7 nitrogen and oxygen atoms in total. The van der Waals surface area contributed by atoms with Gasteiger partial charge in [0.05, 0.1) is 17.6 Å². The Labute approximate surface area is 118 Å². The van der Waals surface area contributed by atoms with Gasteiger partial charge in [0.25, 0.3) is 5.91 Å². The molecule has 0 aliphatic heterocycles. The van der Waals surface area contributed by atoms with Gasteiger partial charge < -0.3 is 5.32 Å². The summed E-state index contributed by atoms with van der Waals surface area (Å²) in [5, 5.41) is 6.57. The van der Waals surface area contributed by atoms with Crippen molar-refractivity contribution in [2.24, 2.45) is 0 Å². The molecule has 0 saturated carbocycles. The summed E-state index contributed by atoms with van der Waals surface area (Å²) in [7, 11) is 0. The number of nitrogens with zero attached hydrogens (tertiary/aromatic N) is 5.